The number of nitrogens with two attached hydrogens (primary N) is 1. The summed E-state index contributed by atoms with van der Waals surface area (Å²) < 4.78 is 5.42. The van der Waals surface area contributed by atoms with Crippen LogP contribution in [0.1, 0.15) is 32.8 Å². The first kappa shape index (κ1) is 15.5. The molecule has 0 spiro atoms. The van der Waals surface area contributed by atoms with Crippen molar-refractivity contribution in [3.8, 4) is 5.75 Å². The summed E-state index contributed by atoms with van der Waals surface area (Å²) >= 11 is 0. The largest absolute Gasteiger partial charge is 0.494 e. The minimum atomic E-state index is -0.523. The summed E-state index contributed by atoms with van der Waals surface area (Å²) in [7, 11) is 0. The van der Waals surface area contributed by atoms with Gasteiger partial charge in [-0.2, -0.15) is 0 Å². The van der Waals surface area contributed by atoms with E-state index in [0.717, 1.165) is 17.0 Å². The van der Waals surface area contributed by atoms with Gasteiger partial charge in [0.25, 0.3) is 0 Å². The van der Waals surface area contributed by atoms with Crippen molar-refractivity contribution in [3.05, 3.63) is 23.8 Å². The molecule has 0 bridgehead atoms. The predicted molar refractivity (Wildman–Crippen MR) is 78.4 cm³/mol. The number of ether oxygens (including phenoxy) is 1. The fraction of sp³-hybridized carbons (Fsp3) is 0.533. The summed E-state index contributed by atoms with van der Waals surface area (Å²) in [6.45, 7) is 8.71. The van der Waals surface area contributed by atoms with Crippen LogP contribution in [-0.4, -0.2) is 19.1 Å². The molecule has 0 aliphatic heterocycles. The number of hydrogen-bond donors (Lipinski definition) is 2. The van der Waals surface area contributed by atoms with Crippen molar-refractivity contribution in [1.29, 1.82) is 0 Å². The molecule has 1 aromatic carbocycles. The Bertz CT molecular complexity index is 440. The van der Waals surface area contributed by atoms with E-state index in [4.69, 9.17) is 10.5 Å². The molecule has 106 valence electrons. The fourth-order valence-corrected chi connectivity index (χ4v) is 1.70. The molecular weight excluding hydrogens is 240 g/mol. The van der Waals surface area contributed by atoms with E-state index in [1.807, 2.05) is 45.9 Å². The second kappa shape index (κ2) is 6.57. The molecular formula is C15H24N2O2. The van der Waals surface area contributed by atoms with Gasteiger partial charge in [-0.25, -0.2) is 0 Å². The van der Waals surface area contributed by atoms with Crippen LogP contribution in [0.2, 0.25) is 0 Å². The van der Waals surface area contributed by atoms with Gasteiger partial charge >= 0.3 is 0 Å². The van der Waals surface area contributed by atoms with Crippen molar-refractivity contribution in [2.24, 2.45) is 11.1 Å². The van der Waals surface area contributed by atoms with Gasteiger partial charge < -0.3 is 15.8 Å². The standard InChI is InChI=1S/C15H24N2O2/c1-5-15(4,10-16)14(18)17-13-8-7-12(19-6-2)9-11(13)3/h7-9H,5-6,10,16H2,1-4H3,(H,17,18). The average molecular weight is 264 g/mol. The smallest absolute Gasteiger partial charge is 0.231 e. The minimum Gasteiger partial charge on any atom is -0.494 e. The predicted octanol–water partition coefficient (Wildman–Crippen LogP) is 2.71. The van der Waals surface area contributed by atoms with Crippen molar-refractivity contribution >= 4 is 11.6 Å². The van der Waals surface area contributed by atoms with Gasteiger partial charge in [-0.05, 0) is 51.0 Å². The van der Waals surface area contributed by atoms with Crippen molar-refractivity contribution < 1.29 is 9.53 Å². The highest BCUT2D eigenvalue weighted by atomic mass is 16.5. The molecule has 1 unspecified atom stereocenters. The van der Waals surface area contributed by atoms with E-state index < -0.39 is 5.41 Å². The lowest BCUT2D eigenvalue weighted by molar-refractivity contribution is -0.124. The molecule has 0 heterocycles. The number of aryl methyl sites for hydroxylation is 1. The van der Waals surface area contributed by atoms with E-state index in [9.17, 15) is 4.79 Å². The molecule has 1 rings (SSSR count). The number of anilines is 1. The highest BCUT2D eigenvalue weighted by Crippen LogP contribution is 2.25. The molecule has 1 atom stereocenters. The Balaban J connectivity index is 2.85. The number of amides is 1. The zero-order chi connectivity index (χ0) is 14.5. The lowest BCUT2D eigenvalue weighted by atomic mass is 9.86. The second-order valence-corrected chi connectivity index (χ2v) is 4.98. The van der Waals surface area contributed by atoms with E-state index in [1.54, 1.807) is 0 Å². The SMILES string of the molecule is CCOc1ccc(NC(=O)C(C)(CC)CN)c(C)c1. The molecule has 19 heavy (non-hydrogen) atoms. The van der Waals surface area contributed by atoms with Crippen LogP contribution in [0.5, 0.6) is 5.75 Å². The maximum Gasteiger partial charge on any atom is 0.231 e. The number of nitrogens with one attached hydrogen (secondary N) is 1. The van der Waals surface area contributed by atoms with E-state index in [-0.39, 0.29) is 5.91 Å². The average Bonchev–Trinajstić information content (AvgIpc) is 2.41. The van der Waals surface area contributed by atoms with Crippen LogP contribution in [0.15, 0.2) is 18.2 Å². The van der Waals surface area contributed by atoms with E-state index in [0.29, 0.717) is 19.6 Å². The summed E-state index contributed by atoms with van der Waals surface area (Å²) in [4.78, 5) is 12.2. The molecule has 0 fully saturated rings. The van der Waals surface area contributed by atoms with Crippen molar-refractivity contribution in [2.75, 3.05) is 18.5 Å². The van der Waals surface area contributed by atoms with Crippen LogP contribution in [0.25, 0.3) is 0 Å². The Labute approximate surface area is 115 Å². The summed E-state index contributed by atoms with van der Waals surface area (Å²) in [5.41, 5.74) is 6.96. The Morgan fingerprint density at radius 1 is 1.42 bits per heavy atom. The first-order valence-corrected chi connectivity index (χ1v) is 6.71. The van der Waals surface area contributed by atoms with Gasteiger partial charge in [0.15, 0.2) is 0 Å². The third kappa shape index (κ3) is 3.70. The normalized spacial score (nSPS) is 13.7. The third-order valence-electron chi connectivity index (χ3n) is 3.54. The molecule has 1 aromatic rings. The molecule has 1 amide bonds. The van der Waals surface area contributed by atoms with Crippen molar-refractivity contribution in [1.82, 2.24) is 0 Å². The number of carbonyl (C=O) groups excluding carboxylic acids is 1. The quantitative estimate of drug-likeness (QED) is 0.830. The lowest BCUT2D eigenvalue weighted by Gasteiger charge is -2.25. The van der Waals surface area contributed by atoms with E-state index in [2.05, 4.69) is 5.32 Å². The van der Waals surface area contributed by atoms with E-state index in [1.165, 1.54) is 0 Å². The van der Waals surface area contributed by atoms with Gasteiger partial charge in [0.2, 0.25) is 5.91 Å². The Morgan fingerprint density at radius 2 is 2.11 bits per heavy atom. The van der Waals surface area contributed by atoms with Crippen LogP contribution < -0.4 is 15.8 Å². The molecule has 0 saturated heterocycles. The zero-order valence-corrected chi connectivity index (χ0v) is 12.2. The fourth-order valence-electron chi connectivity index (χ4n) is 1.70. The monoisotopic (exact) mass is 264 g/mol. The van der Waals surface area contributed by atoms with Gasteiger partial charge in [0.1, 0.15) is 5.75 Å². The van der Waals surface area contributed by atoms with Gasteiger partial charge in [-0.15, -0.1) is 0 Å². The van der Waals surface area contributed by atoms with Crippen molar-refractivity contribution in [2.45, 2.75) is 34.1 Å². The van der Waals surface area contributed by atoms with Crippen LogP contribution in [0.3, 0.4) is 0 Å². The zero-order valence-electron chi connectivity index (χ0n) is 12.2. The summed E-state index contributed by atoms with van der Waals surface area (Å²) in [6, 6.07) is 5.65. The molecule has 4 nitrogen and oxygen atoms in total. The number of carbonyl (C=O) groups is 1. The molecule has 0 aliphatic rings. The molecule has 0 radical (unpaired) electrons. The van der Waals surface area contributed by atoms with Crippen LogP contribution in [0.4, 0.5) is 5.69 Å². The highest BCUT2D eigenvalue weighted by Gasteiger charge is 2.29. The lowest BCUT2D eigenvalue weighted by Crippen LogP contribution is -2.39. The summed E-state index contributed by atoms with van der Waals surface area (Å²) in [5.74, 6) is 0.778. The maximum absolute atomic E-state index is 12.2. The molecule has 0 saturated carbocycles. The van der Waals surface area contributed by atoms with Crippen molar-refractivity contribution in [3.63, 3.8) is 0 Å². The molecule has 3 N–H and O–H groups in total. The molecule has 0 aromatic heterocycles. The summed E-state index contributed by atoms with van der Waals surface area (Å²) in [6.07, 6.45) is 0.714. The summed E-state index contributed by atoms with van der Waals surface area (Å²) in [5, 5.41) is 2.95. The van der Waals surface area contributed by atoms with Gasteiger partial charge in [-0.3, -0.25) is 4.79 Å². The first-order valence-electron chi connectivity index (χ1n) is 6.71. The number of rotatable bonds is 6. The Morgan fingerprint density at radius 3 is 2.58 bits per heavy atom. The minimum absolute atomic E-state index is 0.0373. The number of hydrogen-bond acceptors (Lipinski definition) is 3. The first-order chi connectivity index (χ1) is 8.96. The molecule has 4 heteroatoms. The van der Waals surface area contributed by atoms with Gasteiger partial charge in [-0.1, -0.05) is 6.92 Å². The Hall–Kier alpha value is -1.55. The van der Waals surface area contributed by atoms with Crippen LogP contribution in [-0.2, 0) is 4.79 Å². The topological polar surface area (TPSA) is 64.3 Å². The van der Waals surface area contributed by atoms with Crippen LogP contribution >= 0.6 is 0 Å². The molecule has 0 aliphatic carbocycles. The van der Waals surface area contributed by atoms with Gasteiger partial charge in [0, 0.05) is 12.2 Å². The maximum atomic E-state index is 12.2. The number of benzene rings is 1. The van der Waals surface area contributed by atoms with Gasteiger partial charge in [0.05, 0.1) is 12.0 Å². The van der Waals surface area contributed by atoms with Crippen LogP contribution in [0, 0.1) is 12.3 Å². The third-order valence-corrected chi connectivity index (χ3v) is 3.54. The Kier molecular flexibility index (Phi) is 5.36. The second-order valence-electron chi connectivity index (χ2n) is 4.98. The van der Waals surface area contributed by atoms with E-state index >= 15 is 0 Å². The highest BCUT2D eigenvalue weighted by molar-refractivity contribution is 5.95.